The Bertz CT molecular complexity index is 771. The van der Waals surface area contributed by atoms with Crippen LogP contribution in [0.1, 0.15) is 26.7 Å². The quantitative estimate of drug-likeness (QED) is 0.756. The van der Waals surface area contributed by atoms with Crippen LogP contribution < -0.4 is 4.74 Å². The van der Waals surface area contributed by atoms with Crippen molar-refractivity contribution in [2.24, 2.45) is 0 Å². The van der Waals surface area contributed by atoms with Crippen LogP contribution in [0.3, 0.4) is 0 Å². The van der Waals surface area contributed by atoms with E-state index in [0.717, 1.165) is 12.8 Å². The average molecular weight is 438 g/mol. The van der Waals surface area contributed by atoms with Crippen molar-refractivity contribution in [3.05, 3.63) is 30.1 Å². The summed E-state index contributed by atoms with van der Waals surface area (Å²) in [4.78, 5) is 29.5. The molecule has 9 heteroatoms. The van der Waals surface area contributed by atoms with Gasteiger partial charge in [-0.1, -0.05) is 6.07 Å². The fraction of sp³-hybridized carbons (Fsp3) is 0.636. The molecule has 2 saturated heterocycles. The second kappa shape index (κ2) is 10.3. The van der Waals surface area contributed by atoms with E-state index in [9.17, 15) is 19.1 Å². The van der Waals surface area contributed by atoms with E-state index in [0.29, 0.717) is 45.1 Å². The number of hydrogen-bond donors (Lipinski definition) is 1. The Kier molecular flexibility index (Phi) is 7.72. The Balaban J connectivity index is 1.66. The normalized spacial score (nSPS) is 23.4. The molecule has 0 spiro atoms. The number of nitrogens with zero attached hydrogens (tertiary/aromatic N) is 3. The van der Waals surface area contributed by atoms with Crippen LogP contribution in [0.2, 0.25) is 0 Å². The van der Waals surface area contributed by atoms with E-state index < -0.39 is 11.4 Å². The topological polar surface area (TPSA) is 82.6 Å². The van der Waals surface area contributed by atoms with Crippen LogP contribution in [-0.2, 0) is 9.53 Å². The molecule has 2 fully saturated rings. The van der Waals surface area contributed by atoms with Crippen LogP contribution in [0.5, 0.6) is 5.75 Å². The van der Waals surface area contributed by atoms with Gasteiger partial charge in [-0.05, 0) is 31.9 Å². The van der Waals surface area contributed by atoms with Crippen LogP contribution in [0.15, 0.2) is 24.3 Å². The highest BCUT2D eigenvalue weighted by Gasteiger charge is 2.39. The van der Waals surface area contributed by atoms with Crippen LogP contribution in [0.25, 0.3) is 0 Å². The number of likely N-dealkylation sites (tertiary alicyclic amines) is 1. The zero-order valence-corrected chi connectivity index (χ0v) is 18.3. The maximum Gasteiger partial charge on any atom is 0.409 e. The number of carbonyl (C=O) groups is 2. The zero-order valence-electron chi connectivity index (χ0n) is 18.3. The van der Waals surface area contributed by atoms with Gasteiger partial charge in [0.2, 0.25) is 5.91 Å². The summed E-state index contributed by atoms with van der Waals surface area (Å²) in [6, 6.07) is 5.96. The number of aliphatic hydroxyl groups is 1. The zero-order chi connectivity index (χ0) is 22.4. The second-order valence-corrected chi connectivity index (χ2v) is 8.30. The van der Waals surface area contributed by atoms with Gasteiger partial charge >= 0.3 is 6.09 Å². The molecule has 0 saturated carbocycles. The van der Waals surface area contributed by atoms with Gasteiger partial charge in [0.25, 0.3) is 0 Å². The predicted octanol–water partition coefficient (Wildman–Crippen LogP) is 1.72. The number of ether oxygens (including phenoxy) is 2. The van der Waals surface area contributed by atoms with Crippen molar-refractivity contribution in [1.29, 1.82) is 0 Å². The van der Waals surface area contributed by atoms with Crippen molar-refractivity contribution in [2.75, 3.05) is 52.5 Å². The fourth-order valence-corrected chi connectivity index (χ4v) is 4.27. The number of piperidine rings is 1. The van der Waals surface area contributed by atoms with Crippen molar-refractivity contribution in [1.82, 2.24) is 14.7 Å². The Morgan fingerprint density at radius 1 is 1.16 bits per heavy atom. The van der Waals surface area contributed by atoms with Gasteiger partial charge in [0.1, 0.15) is 23.8 Å². The first kappa shape index (κ1) is 23.3. The Labute approximate surface area is 182 Å². The summed E-state index contributed by atoms with van der Waals surface area (Å²) >= 11 is 0. The van der Waals surface area contributed by atoms with E-state index in [2.05, 4.69) is 4.90 Å². The minimum absolute atomic E-state index is 0.0571. The molecule has 0 radical (unpaired) electrons. The van der Waals surface area contributed by atoms with E-state index in [-0.39, 0.29) is 31.2 Å². The molecule has 1 aromatic carbocycles. The number of hydrogen-bond acceptors (Lipinski definition) is 6. The number of benzene rings is 1. The lowest BCUT2D eigenvalue weighted by molar-refractivity contribution is -0.132. The molecule has 0 aromatic heterocycles. The Morgan fingerprint density at radius 3 is 2.55 bits per heavy atom. The molecule has 2 amide bonds. The second-order valence-electron chi connectivity index (χ2n) is 8.30. The SMILES string of the molecule is CCOC(=O)N1CCC(N2CCN(C(C)=O)C[C@@](O)(COc3cccc(F)c3)C2)CC1. The highest BCUT2D eigenvalue weighted by Crippen LogP contribution is 2.24. The summed E-state index contributed by atoms with van der Waals surface area (Å²) in [5.41, 5.74) is -1.30. The summed E-state index contributed by atoms with van der Waals surface area (Å²) < 4.78 is 24.2. The molecule has 0 unspecified atom stereocenters. The molecule has 2 heterocycles. The first-order valence-corrected chi connectivity index (χ1v) is 10.8. The molecule has 1 atom stereocenters. The van der Waals surface area contributed by atoms with Gasteiger partial charge in [-0.3, -0.25) is 9.69 Å². The standard InChI is InChI=1S/C22H32FN3O5/c1-3-30-21(28)24-9-7-19(8-10-24)26-12-11-25(17(2)27)14-22(29,15-26)16-31-20-6-4-5-18(23)13-20/h4-6,13,19,29H,3,7-12,14-16H2,1-2H3/t22-/m0/s1. The number of rotatable bonds is 5. The summed E-state index contributed by atoms with van der Waals surface area (Å²) in [6.45, 7) is 6.37. The van der Waals surface area contributed by atoms with Crippen molar-refractivity contribution < 1.29 is 28.6 Å². The average Bonchev–Trinajstić information content (AvgIpc) is 2.92. The third kappa shape index (κ3) is 6.30. The largest absolute Gasteiger partial charge is 0.490 e. The summed E-state index contributed by atoms with van der Waals surface area (Å²) in [5.74, 6) is -0.185. The Morgan fingerprint density at radius 2 is 1.90 bits per heavy atom. The van der Waals surface area contributed by atoms with Crippen LogP contribution >= 0.6 is 0 Å². The molecular formula is C22H32FN3O5. The molecule has 2 aliphatic heterocycles. The van der Waals surface area contributed by atoms with E-state index >= 15 is 0 Å². The smallest absolute Gasteiger partial charge is 0.409 e. The molecule has 0 bridgehead atoms. The summed E-state index contributed by atoms with van der Waals surface area (Å²) in [6.07, 6.45) is 1.24. The van der Waals surface area contributed by atoms with Crippen molar-refractivity contribution in [3.63, 3.8) is 0 Å². The lowest BCUT2D eigenvalue weighted by Crippen LogP contribution is -2.55. The van der Waals surface area contributed by atoms with Gasteiger partial charge < -0.3 is 24.4 Å². The lowest BCUT2D eigenvalue weighted by Gasteiger charge is -2.40. The van der Waals surface area contributed by atoms with Gasteiger partial charge in [0.05, 0.1) is 13.2 Å². The lowest BCUT2D eigenvalue weighted by atomic mass is 9.99. The van der Waals surface area contributed by atoms with Crippen LogP contribution in [0, 0.1) is 5.82 Å². The van der Waals surface area contributed by atoms with E-state index in [1.165, 1.54) is 19.1 Å². The first-order chi connectivity index (χ1) is 14.8. The molecule has 1 N–H and O–H groups in total. The van der Waals surface area contributed by atoms with Crippen LogP contribution in [0.4, 0.5) is 9.18 Å². The molecule has 1 aromatic rings. The number of amides is 2. The minimum atomic E-state index is -1.30. The number of β-amino-alcohol motifs (C(OH)–C–C–N with tert-alkyl or cyclic N) is 1. The van der Waals surface area contributed by atoms with E-state index in [1.54, 1.807) is 28.9 Å². The highest BCUT2D eigenvalue weighted by atomic mass is 19.1. The number of carbonyl (C=O) groups excluding carboxylic acids is 2. The van der Waals surface area contributed by atoms with Crippen molar-refractivity contribution in [3.8, 4) is 5.75 Å². The monoisotopic (exact) mass is 437 g/mol. The third-order valence-electron chi connectivity index (χ3n) is 5.90. The Hall–Kier alpha value is -2.39. The third-order valence-corrected chi connectivity index (χ3v) is 5.90. The maximum absolute atomic E-state index is 13.5. The van der Waals surface area contributed by atoms with Gasteiger partial charge in [0.15, 0.2) is 0 Å². The molecule has 31 heavy (non-hydrogen) atoms. The fourth-order valence-electron chi connectivity index (χ4n) is 4.27. The van der Waals surface area contributed by atoms with Crippen molar-refractivity contribution >= 4 is 12.0 Å². The predicted molar refractivity (Wildman–Crippen MR) is 112 cm³/mol. The van der Waals surface area contributed by atoms with Gasteiger partial charge in [-0.25, -0.2) is 9.18 Å². The molecule has 3 rings (SSSR count). The highest BCUT2D eigenvalue weighted by molar-refractivity contribution is 5.73. The summed E-state index contributed by atoms with van der Waals surface area (Å²) in [5, 5.41) is 11.4. The van der Waals surface area contributed by atoms with E-state index in [1.807, 2.05) is 0 Å². The van der Waals surface area contributed by atoms with Gasteiger partial charge in [0, 0.05) is 51.8 Å². The van der Waals surface area contributed by atoms with Gasteiger partial charge in [-0.15, -0.1) is 0 Å². The minimum Gasteiger partial charge on any atom is -0.490 e. The molecular weight excluding hydrogens is 405 g/mol. The summed E-state index contributed by atoms with van der Waals surface area (Å²) in [7, 11) is 0. The molecule has 0 aliphatic carbocycles. The molecule has 172 valence electrons. The maximum atomic E-state index is 13.5. The molecule has 2 aliphatic rings. The van der Waals surface area contributed by atoms with Gasteiger partial charge in [-0.2, -0.15) is 0 Å². The van der Waals surface area contributed by atoms with Crippen LogP contribution in [-0.4, -0.2) is 95.9 Å². The molecule has 8 nitrogen and oxygen atoms in total. The number of halogens is 1. The first-order valence-electron chi connectivity index (χ1n) is 10.8. The van der Waals surface area contributed by atoms with E-state index in [4.69, 9.17) is 9.47 Å². The van der Waals surface area contributed by atoms with Crippen molar-refractivity contribution in [2.45, 2.75) is 38.3 Å².